The molecular weight excluding hydrogens is 718 g/mol. The van der Waals surface area contributed by atoms with Crippen molar-refractivity contribution in [3.8, 4) is 23.0 Å². The fourth-order valence-corrected chi connectivity index (χ4v) is 5.56. The third kappa shape index (κ3) is 15.1. The number of halogens is 1. The molecule has 14 heteroatoms. The number of hydrogen-bond acceptors (Lipinski definition) is 13. The average molecular weight is 778 g/mol. The molecule has 0 spiro atoms. The normalized spacial score (nSPS) is 13.1. The van der Waals surface area contributed by atoms with Gasteiger partial charge in [-0.05, 0) is 76.8 Å². The molecule has 0 bridgehead atoms. The minimum atomic E-state index is 0.520. The maximum absolute atomic E-state index is 5.98. The first-order valence-corrected chi connectivity index (χ1v) is 19.7. The maximum atomic E-state index is 5.98. The van der Waals surface area contributed by atoms with Gasteiger partial charge in [0.2, 0.25) is 11.9 Å². The Morgan fingerprint density at radius 3 is 1.56 bits per heavy atom. The van der Waals surface area contributed by atoms with Crippen LogP contribution in [-0.2, 0) is 0 Å². The van der Waals surface area contributed by atoms with Crippen LogP contribution in [0.4, 0.5) is 34.9 Å². The molecule has 2 heterocycles. The van der Waals surface area contributed by atoms with Gasteiger partial charge in [-0.25, -0.2) is 9.97 Å². The summed E-state index contributed by atoms with van der Waals surface area (Å²) in [5, 5.41) is 12.5. The van der Waals surface area contributed by atoms with Crippen molar-refractivity contribution < 1.29 is 18.9 Å². The third-order valence-corrected chi connectivity index (χ3v) is 9.22. The van der Waals surface area contributed by atoms with Crippen molar-refractivity contribution in [3.05, 3.63) is 59.9 Å². The van der Waals surface area contributed by atoms with E-state index in [4.69, 9.17) is 30.5 Å². The number of anilines is 6. The Balaban J connectivity index is 0.000000219. The molecule has 2 aliphatic rings. The number of methoxy groups -OCH3 is 2. The van der Waals surface area contributed by atoms with Crippen molar-refractivity contribution in [2.75, 3.05) is 82.3 Å². The number of aryl methyl sites for hydroxylation is 2. The molecule has 300 valence electrons. The molecule has 0 aliphatic heterocycles. The highest BCUT2D eigenvalue weighted by Crippen LogP contribution is 2.33. The van der Waals surface area contributed by atoms with Crippen molar-refractivity contribution in [2.24, 2.45) is 5.92 Å². The Morgan fingerprint density at radius 2 is 1.18 bits per heavy atom. The number of ether oxygens (including phenoxy) is 4. The Kier molecular flexibility index (Phi) is 17.7. The third-order valence-electron chi connectivity index (χ3n) is 8.95. The molecule has 13 nitrogen and oxygen atoms in total. The molecule has 2 aromatic heterocycles. The summed E-state index contributed by atoms with van der Waals surface area (Å²) in [5.74, 6) is 7.06. The van der Waals surface area contributed by atoms with Crippen LogP contribution in [0.3, 0.4) is 0 Å². The van der Waals surface area contributed by atoms with Gasteiger partial charge in [0.05, 0.1) is 27.4 Å². The molecule has 2 aliphatic carbocycles. The number of nitrogens with one attached hydrogen (secondary N) is 4. The number of benzene rings is 2. The van der Waals surface area contributed by atoms with Crippen LogP contribution in [0.25, 0.3) is 0 Å². The van der Waals surface area contributed by atoms with Gasteiger partial charge in [0.1, 0.15) is 11.6 Å². The SMILES string of the molecule is CCC1CC1.CNc1cc(C)nc(Nc2ccc(OC)c(OCCCCl)c2)n1.CNc1cc(C)nc(Nc2ccc(OC)c(OCCCN(C)C3CC3)c2)n1. The van der Waals surface area contributed by atoms with E-state index in [2.05, 4.69) is 60.1 Å². The molecule has 0 amide bonds. The molecule has 4 N–H and O–H groups in total. The minimum absolute atomic E-state index is 0.520. The molecular formula is C41H60ClN9O4. The van der Waals surface area contributed by atoms with Gasteiger partial charge in [0.25, 0.3) is 0 Å². The summed E-state index contributed by atoms with van der Waals surface area (Å²) < 4.78 is 22.4. The van der Waals surface area contributed by atoms with Crippen LogP contribution in [0.15, 0.2) is 48.5 Å². The number of nitrogens with zero attached hydrogens (tertiary/aromatic N) is 5. The predicted octanol–water partition coefficient (Wildman–Crippen LogP) is 8.84. The topological polar surface area (TPSA) is 140 Å². The lowest BCUT2D eigenvalue weighted by atomic mass is 10.2. The highest BCUT2D eigenvalue weighted by Gasteiger charge is 2.25. The van der Waals surface area contributed by atoms with Gasteiger partial charge in [-0.1, -0.05) is 26.2 Å². The second-order valence-corrected chi connectivity index (χ2v) is 14.0. The van der Waals surface area contributed by atoms with Gasteiger partial charge in [0, 0.05) is 79.6 Å². The van der Waals surface area contributed by atoms with E-state index in [9.17, 15) is 0 Å². The van der Waals surface area contributed by atoms with E-state index in [1.165, 1.54) is 32.1 Å². The van der Waals surface area contributed by atoms with Crippen LogP contribution in [-0.4, -0.2) is 91.9 Å². The minimum Gasteiger partial charge on any atom is -0.493 e. The smallest absolute Gasteiger partial charge is 0.229 e. The molecule has 0 radical (unpaired) electrons. The van der Waals surface area contributed by atoms with E-state index < -0.39 is 0 Å². The predicted molar refractivity (Wildman–Crippen MR) is 225 cm³/mol. The first-order valence-electron chi connectivity index (χ1n) is 19.2. The standard InChI is InChI=1S/C20H29N5O2.C16H21ClN4O2.C5H10/c1-14-12-19(21-2)24-20(22-14)23-15-6-9-17(26-4)18(13-15)27-11-5-10-25(3)16-7-8-16;1-11-9-15(18-2)21-16(19-11)20-12-5-6-13(22-3)14(10-12)23-8-4-7-17;1-2-5-3-4-5/h6,9,12-13,16H,5,7-8,10-11H2,1-4H3,(H2,21,22,23,24);5-6,9-10H,4,7-8H2,1-3H3,(H2,18,19,20,21);5H,2-4H2,1H3. The van der Waals surface area contributed by atoms with Crippen LogP contribution in [0.5, 0.6) is 23.0 Å². The van der Waals surface area contributed by atoms with E-state index in [1.54, 1.807) is 14.2 Å². The number of rotatable bonds is 19. The van der Waals surface area contributed by atoms with Gasteiger partial charge in [-0.2, -0.15) is 9.97 Å². The highest BCUT2D eigenvalue weighted by atomic mass is 35.5. The summed E-state index contributed by atoms with van der Waals surface area (Å²) in [6.45, 7) is 8.36. The summed E-state index contributed by atoms with van der Waals surface area (Å²) in [6, 6.07) is 15.9. The van der Waals surface area contributed by atoms with Crippen LogP contribution in [0, 0.1) is 19.8 Å². The Hall–Kier alpha value is -4.75. The summed E-state index contributed by atoms with van der Waals surface area (Å²) in [4.78, 5) is 20.0. The van der Waals surface area contributed by atoms with Crippen LogP contribution >= 0.6 is 11.6 Å². The average Bonchev–Trinajstić information content (AvgIpc) is 4.12. The van der Waals surface area contributed by atoms with Crippen LogP contribution in [0.2, 0.25) is 0 Å². The monoisotopic (exact) mass is 777 g/mol. The van der Waals surface area contributed by atoms with Gasteiger partial charge in [-0.15, -0.1) is 11.6 Å². The first kappa shape index (κ1) is 43.0. The van der Waals surface area contributed by atoms with Gasteiger partial charge in [-0.3, -0.25) is 0 Å². The van der Waals surface area contributed by atoms with E-state index in [-0.39, 0.29) is 0 Å². The van der Waals surface area contributed by atoms with Gasteiger partial charge < -0.3 is 45.1 Å². The number of aromatic nitrogens is 4. The number of hydrogen-bond donors (Lipinski definition) is 4. The Labute approximate surface area is 332 Å². The number of alkyl halides is 1. The Bertz CT molecular complexity index is 1760. The van der Waals surface area contributed by atoms with Crippen LogP contribution in [0.1, 0.15) is 63.3 Å². The lowest BCUT2D eigenvalue weighted by molar-refractivity contribution is 0.250. The molecule has 2 aromatic carbocycles. The largest absolute Gasteiger partial charge is 0.493 e. The zero-order valence-corrected chi connectivity index (χ0v) is 34.6. The maximum Gasteiger partial charge on any atom is 0.229 e. The molecule has 2 saturated carbocycles. The van der Waals surface area contributed by atoms with Gasteiger partial charge >= 0.3 is 0 Å². The molecule has 55 heavy (non-hydrogen) atoms. The lowest BCUT2D eigenvalue weighted by Gasteiger charge is -2.16. The molecule has 2 fully saturated rings. The summed E-state index contributed by atoms with van der Waals surface area (Å²) in [5.41, 5.74) is 3.44. The lowest BCUT2D eigenvalue weighted by Crippen LogP contribution is -2.23. The van der Waals surface area contributed by atoms with Crippen molar-refractivity contribution in [1.82, 2.24) is 24.8 Å². The molecule has 4 aromatic rings. The second kappa shape index (κ2) is 22.6. The summed E-state index contributed by atoms with van der Waals surface area (Å²) >= 11 is 5.68. The Morgan fingerprint density at radius 1 is 0.691 bits per heavy atom. The summed E-state index contributed by atoms with van der Waals surface area (Å²) in [6.07, 6.45) is 8.85. The van der Waals surface area contributed by atoms with Crippen molar-refractivity contribution in [1.29, 1.82) is 0 Å². The zero-order chi connectivity index (χ0) is 39.6. The molecule has 0 unspecified atom stereocenters. The van der Waals surface area contributed by atoms with Gasteiger partial charge in [0.15, 0.2) is 23.0 Å². The fraction of sp³-hybridized carbons (Fsp3) is 0.512. The first-order chi connectivity index (χ1) is 26.7. The van der Waals surface area contributed by atoms with Crippen molar-refractivity contribution in [3.63, 3.8) is 0 Å². The van der Waals surface area contributed by atoms with E-state index >= 15 is 0 Å². The van der Waals surface area contributed by atoms with E-state index in [0.29, 0.717) is 42.5 Å². The second-order valence-electron chi connectivity index (χ2n) is 13.6. The van der Waals surface area contributed by atoms with E-state index in [0.717, 1.165) is 77.2 Å². The highest BCUT2D eigenvalue weighted by molar-refractivity contribution is 6.17. The van der Waals surface area contributed by atoms with Crippen molar-refractivity contribution >= 4 is 46.5 Å². The fourth-order valence-electron chi connectivity index (χ4n) is 5.45. The summed E-state index contributed by atoms with van der Waals surface area (Å²) in [7, 11) is 9.11. The molecule has 0 atom stereocenters. The zero-order valence-electron chi connectivity index (χ0n) is 33.8. The molecule has 0 saturated heterocycles. The van der Waals surface area contributed by atoms with Crippen LogP contribution < -0.4 is 40.2 Å². The van der Waals surface area contributed by atoms with E-state index in [1.807, 2.05) is 76.5 Å². The van der Waals surface area contributed by atoms with Crippen molar-refractivity contribution in [2.45, 2.75) is 71.8 Å². The molecule has 6 rings (SSSR count). The quantitative estimate of drug-likeness (QED) is 0.0533.